The molecule has 0 radical (unpaired) electrons. The van der Waals surface area contributed by atoms with Crippen molar-refractivity contribution in [1.29, 1.82) is 0 Å². The molecule has 0 saturated heterocycles. The molecule has 0 aliphatic rings. The topological polar surface area (TPSA) is 68.3 Å². The van der Waals surface area contributed by atoms with E-state index >= 15 is 0 Å². The monoisotopic (exact) mass is 382 g/mol. The summed E-state index contributed by atoms with van der Waals surface area (Å²) in [6, 6.07) is 1.65. The Balaban J connectivity index is 1.85. The second kappa shape index (κ2) is 5.69. The summed E-state index contributed by atoms with van der Waals surface area (Å²) in [4.78, 5) is 18.2. The summed E-state index contributed by atoms with van der Waals surface area (Å²) in [7, 11) is 3.48. The van der Waals surface area contributed by atoms with Crippen LogP contribution in [0.25, 0.3) is 5.65 Å². The molecule has 1 amide bonds. The summed E-state index contributed by atoms with van der Waals surface area (Å²) in [5.41, 5.74) is 1.70. The Morgan fingerprint density at radius 2 is 2.23 bits per heavy atom. The van der Waals surface area contributed by atoms with E-state index in [0.717, 1.165) is 10.2 Å². The average molecular weight is 384 g/mol. The Labute approximate surface area is 139 Å². The van der Waals surface area contributed by atoms with E-state index in [-0.39, 0.29) is 5.91 Å². The molecule has 0 unspecified atom stereocenters. The summed E-state index contributed by atoms with van der Waals surface area (Å²) >= 11 is 9.39. The smallest absolute Gasteiger partial charge is 0.274 e. The van der Waals surface area contributed by atoms with Gasteiger partial charge >= 0.3 is 0 Å². The molecule has 0 bridgehead atoms. The molecule has 9 heteroatoms. The lowest BCUT2D eigenvalue weighted by molar-refractivity contribution is 0.0776. The minimum Gasteiger partial charge on any atom is -0.334 e. The molecule has 0 aromatic carbocycles. The third-order valence-corrected chi connectivity index (χ3v) is 3.97. The highest BCUT2D eigenvalue weighted by molar-refractivity contribution is 9.10. The molecule has 0 aliphatic carbocycles. The maximum Gasteiger partial charge on any atom is 0.274 e. The third-order valence-electron chi connectivity index (χ3n) is 3.25. The molecule has 0 saturated carbocycles. The maximum absolute atomic E-state index is 12.5. The largest absolute Gasteiger partial charge is 0.334 e. The Morgan fingerprint density at radius 1 is 1.45 bits per heavy atom. The number of carbonyl (C=O) groups excluding carboxylic acids is 1. The van der Waals surface area contributed by atoms with Crippen molar-refractivity contribution >= 4 is 39.1 Å². The number of fused-ring (bicyclic) bond motifs is 1. The van der Waals surface area contributed by atoms with Gasteiger partial charge in [-0.2, -0.15) is 10.2 Å². The molecule has 0 aliphatic heterocycles. The molecule has 3 rings (SSSR count). The molecule has 114 valence electrons. The normalized spacial score (nSPS) is 11.1. The van der Waals surface area contributed by atoms with Crippen LogP contribution in [0.15, 0.2) is 29.1 Å². The van der Waals surface area contributed by atoms with Crippen molar-refractivity contribution in [2.45, 2.75) is 6.54 Å². The fourth-order valence-electron chi connectivity index (χ4n) is 2.06. The van der Waals surface area contributed by atoms with E-state index in [2.05, 4.69) is 31.1 Å². The number of amides is 1. The first-order valence-electron chi connectivity index (χ1n) is 6.38. The molecule has 3 aromatic rings. The first-order chi connectivity index (χ1) is 10.5. The van der Waals surface area contributed by atoms with E-state index < -0.39 is 0 Å². The molecule has 22 heavy (non-hydrogen) atoms. The highest BCUT2D eigenvalue weighted by Crippen LogP contribution is 2.17. The van der Waals surface area contributed by atoms with Gasteiger partial charge in [0, 0.05) is 32.6 Å². The van der Waals surface area contributed by atoms with Gasteiger partial charge in [-0.15, -0.1) is 0 Å². The number of hydrogen-bond acceptors (Lipinski definition) is 4. The van der Waals surface area contributed by atoms with E-state index in [9.17, 15) is 4.79 Å². The first-order valence-corrected chi connectivity index (χ1v) is 7.55. The van der Waals surface area contributed by atoms with Gasteiger partial charge < -0.3 is 4.90 Å². The Hall–Kier alpha value is -1.93. The molecule has 0 spiro atoms. The first kappa shape index (κ1) is 15.0. The van der Waals surface area contributed by atoms with Crippen molar-refractivity contribution in [1.82, 2.24) is 29.3 Å². The summed E-state index contributed by atoms with van der Waals surface area (Å²) < 4.78 is 3.99. The van der Waals surface area contributed by atoms with E-state index in [1.165, 1.54) is 0 Å². The highest BCUT2D eigenvalue weighted by Gasteiger charge is 2.19. The molecule has 0 fully saturated rings. The summed E-state index contributed by atoms with van der Waals surface area (Å²) in [6.07, 6.45) is 4.96. The number of aromatic nitrogens is 5. The second-order valence-corrected chi connectivity index (χ2v) is 6.15. The molecule has 3 aromatic heterocycles. The van der Waals surface area contributed by atoms with Gasteiger partial charge in [-0.1, -0.05) is 11.6 Å². The fraction of sp³-hybridized carbons (Fsp3) is 0.231. The number of aryl methyl sites for hydroxylation is 1. The van der Waals surface area contributed by atoms with Gasteiger partial charge in [0.2, 0.25) is 0 Å². The van der Waals surface area contributed by atoms with Crippen LogP contribution in [-0.2, 0) is 13.6 Å². The van der Waals surface area contributed by atoms with Crippen LogP contribution in [0.1, 0.15) is 16.2 Å². The van der Waals surface area contributed by atoms with Gasteiger partial charge in [0.25, 0.3) is 5.91 Å². The van der Waals surface area contributed by atoms with E-state index in [4.69, 9.17) is 11.6 Å². The van der Waals surface area contributed by atoms with Crippen LogP contribution < -0.4 is 0 Å². The predicted octanol–water partition coefficient (Wildman–Crippen LogP) is 2.15. The Morgan fingerprint density at radius 3 is 2.91 bits per heavy atom. The number of nitrogens with zero attached hydrogens (tertiary/aromatic N) is 6. The highest BCUT2D eigenvalue weighted by atomic mass is 79.9. The Kier molecular flexibility index (Phi) is 3.88. The van der Waals surface area contributed by atoms with Crippen molar-refractivity contribution < 1.29 is 4.79 Å². The van der Waals surface area contributed by atoms with E-state index in [1.807, 2.05) is 0 Å². The molecule has 7 nitrogen and oxygen atoms in total. The van der Waals surface area contributed by atoms with Crippen LogP contribution in [0.4, 0.5) is 0 Å². The van der Waals surface area contributed by atoms with Gasteiger partial charge in [-0.05, 0) is 15.9 Å². The van der Waals surface area contributed by atoms with Gasteiger partial charge in [-0.3, -0.25) is 9.48 Å². The third kappa shape index (κ3) is 2.71. The van der Waals surface area contributed by atoms with Crippen LogP contribution in [0, 0.1) is 0 Å². The van der Waals surface area contributed by atoms with Gasteiger partial charge in [-0.25, -0.2) is 9.50 Å². The lowest BCUT2D eigenvalue weighted by Gasteiger charge is -2.16. The Bertz CT molecular complexity index is 838. The minimum atomic E-state index is -0.209. The van der Waals surface area contributed by atoms with Gasteiger partial charge in [0.1, 0.15) is 0 Å². The molecular formula is C13H12BrClN6O. The second-order valence-electron chi connectivity index (χ2n) is 4.83. The predicted molar refractivity (Wildman–Crippen MR) is 84.7 cm³/mol. The molecule has 0 N–H and O–H groups in total. The standard InChI is InChI=1S/C13H12BrClN6O/c1-19(7-11-9(15)5-17-20(11)2)13(22)10-3-12-16-4-8(14)6-21(12)18-10/h3-6H,7H2,1-2H3. The van der Waals surface area contributed by atoms with Crippen LogP contribution >= 0.6 is 27.5 Å². The summed E-state index contributed by atoms with van der Waals surface area (Å²) in [5.74, 6) is -0.209. The van der Waals surface area contributed by atoms with Gasteiger partial charge in [0.15, 0.2) is 11.3 Å². The average Bonchev–Trinajstić information content (AvgIpc) is 3.04. The molecule has 3 heterocycles. The fourth-order valence-corrected chi connectivity index (χ4v) is 2.59. The SMILES string of the molecule is CN(Cc1c(Cl)cnn1C)C(=O)c1cc2ncc(Br)cn2n1. The van der Waals surface area contributed by atoms with Crippen molar-refractivity contribution in [3.8, 4) is 0 Å². The van der Waals surface area contributed by atoms with Crippen LogP contribution in [-0.4, -0.2) is 42.2 Å². The lowest BCUT2D eigenvalue weighted by Crippen LogP contribution is -2.27. The summed E-state index contributed by atoms with van der Waals surface area (Å²) in [6.45, 7) is 0.346. The molecule has 0 atom stereocenters. The minimum absolute atomic E-state index is 0.209. The molecular weight excluding hydrogens is 372 g/mol. The zero-order valence-electron chi connectivity index (χ0n) is 11.9. The van der Waals surface area contributed by atoms with Crippen molar-refractivity contribution in [3.63, 3.8) is 0 Å². The van der Waals surface area contributed by atoms with Gasteiger partial charge in [0.05, 0.1) is 27.9 Å². The maximum atomic E-state index is 12.5. The zero-order valence-corrected chi connectivity index (χ0v) is 14.2. The van der Waals surface area contributed by atoms with Crippen LogP contribution in [0.3, 0.4) is 0 Å². The van der Waals surface area contributed by atoms with E-state index in [1.54, 1.807) is 52.8 Å². The number of rotatable bonds is 3. The van der Waals surface area contributed by atoms with Crippen molar-refractivity contribution in [2.75, 3.05) is 7.05 Å². The lowest BCUT2D eigenvalue weighted by atomic mass is 10.3. The number of halogens is 2. The van der Waals surface area contributed by atoms with Crippen molar-refractivity contribution in [3.05, 3.63) is 45.5 Å². The van der Waals surface area contributed by atoms with Crippen molar-refractivity contribution in [2.24, 2.45) is 7.05 Å². The van der Waals surface area contributed by atoms with E-state index in [0.29, 0.717) is 22.9 Å². The van der Waals surface area contributed by atoms with Crippen LogP contribution in [0.2, 0.25) is 5.02 Å². The van der Waals surface area contributed by atoms with Crippen LogP contribution in [0.5, 0.6) is 0 Å². The quantitative estimate of drug-likeness (QED) is 0.695. The number of hydrogen-bond donors (Lipinski definition) is 0. The summed E-state index contributed by atoms with van der Waals surface area (Å²) in [5, 5.41) is 8.83. The number of carbonyl (C=O) groups is 1. The zero-order chi connectivity index (χ0) is 15.9.